The van der Waals surface area contributed by atoms with Gasteiger partial charge < -0.3 is 19.5 Å². The molecule has 3 rings (SSSR count). The number of carbonyl (C=O) groups is 1. The Morgan fingerprint density at radius 1 is 1.41 bits per heavy atom. The lowest BCUT2D eigenvalue weighted by molar-refractivity contribution is -0.138. The molecule has 0 radical (unpaired) electrons. The summed E-state index contributed by atoms with van der Waals surface area (Å²) in [5, 5.41) is 9.13. The first-order chi connectivity index (χ1) is 8.16. The summed E-state index contributed by atoms with van der Waals surface area (Å²) < 4.78 is 10.6. The number of hydrogen-bond acceptors (Lipinski definition) is 4. The summed E-state index contributed by atoms with van der Waals surface area (Å²) in [7, 11) is 1.80. The van der Waals surface area contributed by atoms with E-state index in [-0.39, 0.29) is 6.79 Å². The molecule has 90 valence electrons. The molecule has 0 amide bonds. The summed E-state index contributed by atoms with van der Waals surface area (Å²) >= 11 is 0. The van der Waals surface area contributed by atoms with Crippen molar-refractivity contribution in [3.05, 3.63) is 17.7 Å². The minimum absolute atomic E-state index is 0.240. The Morgan fingerprint density at radius 2 is 2.12 bits per heavy atom. The van der Waals surface area contributed by atoms with Crippen molar-refractivity contribution in [3.63, 3.8) is 0 Å². The number of nitrogens with zero attached hydrogens (tertiary/aromatic N) is 1. The highest BCUT2D eigenvalue weighted by Gasteiger charge is 2.30. The van der Waals surface area contributed by atoms with Crippen molar-refractivity contribution < 1.29 is 19.4 Å². The first-order valence-electron chi connectivity index (χ1n) is 5.55. The molecule has 1 N–H and O–H groups in total. The van der Waals surface area contributed by atoms with E-state index < -0.39 is 12.0 Å². The average Bonchev–Trinajstić information content (AvgIpc) is 2.73. The first-order valence-corrected chi connectivity index (χ1v) is 5.55. The Morgan fingerprint density at radius 3 is 2.82 bits per heavy atom. The molecule has 1 atom stereocenters. The van der Waals surface area contributed by atoms with Crippen molar-refractivity contribution >= 4 is 11.7 Å². The minimum atomic E-state index is -0.782. The van der Waals surface area contributed by atoms with E-state index in [2.05, 4.69) is 0 Å². The molecule has 17 heavy (non-hydrogen) atoms. The topological polar surface area (TPSA) is 59.0 Å². The highest BCUT2D eigenvalue weighted by molar-refractivity contribution is 5.80. The molecule has 2 aliphatic heterocycles. The van der Waals surface area contributed by atoms with Gasteiger partial charge in [0.25, 0.3) is 0 Å². The van der Waals surface area contributed by atoms with Crippen LogP contribution in [0.2, 0.25) is 0 Å². The molecule has 1 unspecified atom stereocenters. The van der Waals surface area contributed by atoms with Gasteiger partial charge in [0, 0.05) is 18.8 Å². The highest BCUT2D eigenvalue weighted by atomic mass is 16.7. The third-order valence-corrected chi connectivity index (χ3v) is 3.39. The number of aryl methyl sites for hydroxylation is 1. The van der Waals surface area contributed by atoms with Crippen LogP contribution in [0.1, 0.15) is 12.0 Å². The zero-order valence-corrected chi connectivity index (χ0v) is 9.47. The average molecular weight is 235 g/mol. The maximum atomic E-state index is 11.1. The van der Waals surface area contributed by atoms with Crippen LogP contribution in [0, 0.1) is 0 Å². The van der Waals surface area contributed by atoms with Crippen LogP contribution in [0.4, 0.5) is 5.69 Å². The van der Waals surface area contributed by atoms with Crippen molar-refractivity contribution in [2.45, 2.75) is 18.9 Å². The Balaban J connectivity index is 2.03. The van der Waals surface area contributed by atoms with Crippen LogP contribution in [0.25, 0.3) is 0 Å². The second kappa shape index (κ2) is 3.55. The van der Waals surface area contributed by atoms with Crippen molar-refractivity contribution in [1.29, 1.82) is 0 Å². The zero-order chi connectivity index (χ0) is 12.0. The number of carboxylic acid groups (broad SMARTS) is 1. The number of likely N-dealkylation sites (N-methyl/N-ethyl adjacent to an activating group) is 1. The quantitative estimate of drug-likeness (QED) is 0.793. The number of hydrogen-bond donors (Lipinski definition) is 1. The van der Waals surface area contributed by atoms with E-state index in [9.17, 15) is 4.79 Å². The lowest BCUT2D eigenvalue weighted by Crippen LogP contribution is -2.41. The lowest BCUT2D eigenvalue weighted by Gasteiger charge is -2.33. The Hall–Kier alpha value is -1.91. The van der Waals surface area contributed by atoms with Gasteiger partial charge in [-0.3, -0.25) is 0 Å². The maximum absolute atomic E-state index is 11.1. The van der Waals surface area contributed by atoms with Gasteiger partial charge in [-0.15, -0.1) is 0 Å². The fourth-order valence-corrected chi connectivity index (χ4v) is 2.44. The molecule has 0 saturated carbocycles. The van der Waals surface area contributed by atoms with Crippen LogP contribution in [0.3, 0.4) is 0 Å². The smallest absolute Gasteiger partial charge is 0.326 e. The van der Waals surface area contributed by atoms with Gasteiger partial charge in [-0.25, -0.2) is 4.79 Å². The third-order valence-electron chi connectivity index (χ3n) is 3.39. The Kier molecular flexibility index (Phi) is 2.14. The van der Waals surface area contributed by atoms with Crippen molar-refractivity contribution in [1.82, 2.24) is 0 Å². The van der Waals surface area contributed by atoms with E-state index >= 15 is 0 Å². The van der Waals surface area contributed by atoms with E-state index in [1.54, 1.807) is 11.9 Å². The highest BCUT2D eigenvalue weighted by Crippen LogP contribution is 2.41. The van der Waals surface area contributed by atoms with Crippen molar-refractivity contribution in [2.24, 2.45) is 0 Å². The SMILES string of the molecule is CN1c2cc3c(cc2CCC1C(=O)O)OCO3. The Labute approximate surface area is 98.6 Å². The standard InChI is InChI=1S/C12H13NO4/c1-13-8(12(14)15)3-2-7-4-10-11(5-9(7)13)17-6-16-10/h4-5,8H,2-3,6H2,1H3,(H,14,15). The molecule has 0 aromatic heterocycles. The molecule has 0 saturated heterocycles. The van der Waals surface area contributed by atoms with Gasteiger partial charge in [0.05, 0.1) is 0 Å². The maximum Gasteiger partial charge on any atom is 0.326 e. The zero-order valence-electron chi connectivity index (χ0n) is 9.47. The molecule has 0 spiro atoms. The van der Waals surface area contributed by atoms with E-state index in [0.29, 0.717) is 12.2 Å². The summed E-state index contributed by atoms with van der Waals surface area (Å²) in [6, 6.07) is 3.36. The summed E-state index contributed by atoms with van der Waals surface area (Å²) in [6.07, 6.45) is 1.38. The van der Waals surface area contributed by atoms with Gasteiger partial charge in [0.15, 0.2) is 11.5 Å². The molecule has 5 heteroatoms. The van der Waals surface area contributed by atoms with E-state index in [4.69, 9.17) is 14.6 Å². The van der Waals surface area contributed by atoms with Gasteiger partial charge >= 0.3 is 5.97 Å². The predicted molar refractivity (Wildman–Crippen MR) is 60.7 cm³/mol. The molecular weight excluding hydrogens is 222 g/mol. The van der Waals surface area contributed by atoms with E-state index in [1.165, 1.54) is 0 Å². The molecular formula is C12H13NO4. The molecule has 2 aliphatic rings. The van der Waals surface area contributed by atoms with Crippen molar-refractivity contribution in [3.8, 4) is 11.5 Å². The first kappa shape index (κ1) is 10.3. The van der Waals surface area contributed by atoms with Crippen molar-refractivity contribution in [2.75, 3.05) is 18.7 Å². The predicted octanol–water partition coefficient (Wildman–Crippen LogP) is 1.25. The number of ether oxygens (including phenoxy) is 2. The molecule has 0 fully saturated rings. The normalized spacial score (nSPS) is 21.2. The summed E-state index contributed by atoms with van der Waals surface area (Å²) in [5.41, 5.74) is 2.04. The molecule has 1 aromatic rings. The fourth-order valence-electron chi connectivity index (χ4n) is 2.44. The summed E-state index contributed by atoms with van der Waals surface area (Å²) in [5.74, 6) is 0.670. The molecule has 0 bridgehead atoms. The third kappa shape index (κ3) is 1.50. The fraction of sp³-hybridized carbons (Fsp3) is 0.417. The van der Waals surface area contributed by atoms with Crippen LogP contribution >= 0.6 is 0 Å². The number of aliphatic carboxylic acids is 1. The number of rotatable bonds is 1. The van der Waals surface area contributed by atoms with Gasteiger partial charge in [-0.2, -0.15) is 0 Å². The van der Waals surface area contributed by atoms with E-state index in [1.807, 2.05) is 12.1 Å². The molecule has 0 aliphatic carbocycles. The minimum Gasteiger partial charge on any atom is -0.480 e. The van der Waals surface area contributed by atoms with Crippen LogP contribution < -0.4 is 14.4 Å². The Bertz CT molecular complexity index is 486. The second-order valence-corrected chi connectivity index (χ2v) is 4.34. The molecule has 5 nitrogen and oxygen atoms in total. The van der Waals surface area contributed by atoms with Crippen LogP contribution in [-0.4, -0.2) is 31.0 Å². The molecule has 1 aromatic carbocycles. The molecule has 2 heterocycles. The summed E-state index contributed by atoms with van der Waals surface area (Å²) in [6.45, 7) is 0.240. The number of carboxylic acids is 1. The monoisotopic (exact) mass is 235 g/mol. The lowest BCUT2D eigenvalue weighted by atomic mass is 9.96. The van der Waals surface area contributed by atoms with Gasteiger partial charge in [0.1, 0.15) is 6.04 Å². The number of benzene rings is 1. The van der Waals surface area contributed by atoms with Crippen LogP contribution in [-0.2, 0) is 11.2 Å². The number of fused-ring (bicyclic) bond motifs is 2. The van der Waals surface area contributed by atoms with Crippen LogP contribution in [0.15, 0.2) is 12.1 Å². The van der Waals surface area contributed by atoms with Gasteiger partial charge in [-0.05, 0) is 24.5 Å². The van der Waals surface area contributed by atoms with Gasteiger partial charge in [0.2, 0.25) is 6.79 Å². The number of anilines is 1. The van der Waals surface area contributed by atoms with Gasteiger partial charge in [-0.1, -0.05) is 0 Å². The summed E-state index contributed by atoms with van der Waals surface area (Å²) in [4.78, 5) is 12.9. The largest absolute Gasteiger partial charge is 0.480 e. The second-order valence-electron chi connectivity index (χ2n) is 4.34. The van der Waals surface area contributed by atoms with E-state index in [0.717, 1.165) is 23.4 Å². The van der Waals surface area contributed by atoms with Crippen LogP contribution in [0.5, 0.6) is 11.5 Å².